The molecular formula is C14H20O3. The number of ether oxygens (including phenoxy) is 2. The van der Waals surface area contributed by atoms with Crippen LogP contribution in [0.5, 0.6) is 0 Å². The zero-order valence-corrected chi connectivity index (χ0v) is 10.5. The summed E-state index contributed by atoms with van der Waals surface area (Å²) < 4.78 is 10.4. The van der Waals surface area contributed by atoms with Gasteiger partial charge in [0.15, 0.2) is 0 Å². The Kier molecular flexibility index (Phi) is 4.87. The SMILES string of the molecule is C=CCC1=CC(OC)C(O)(OC)C=C1CC=C. The summed E-state index contributed by atoms with van der Waals surface area (Å²) in [5.41, 5.74) is 2.09. The molecule has 0 bridgehead atoms. The van der Waals surface area contributed by atoms with Crippen molar-refractivity contribution in [3.05, 3.63) is 48.6 Å². The number of hydrogen-bond donors (Lipinski definition) is 1. The van der Waals surface area contributed by atoms with Gasteiger partial charge in [-0.3, -0.25) is 0 Å². The number of allylic oxidation sites excluding steroid dienone is 4. The standard InChI is InChI=1S/C14H20O3/c1-5-7-11-9-13(16-3)14(15,17-4)10-12(11)8-6-2/h5-6,9-10,13,15H,1-2,7-8H2,3-4H3. The molecule has 1 aliphatic rings. The van der Waals surface area contributed by atoms with Gasteiger partial charge in [-0.15, -0.1) is 13.2 Å². The molecule has 0 saturated heterocycles. The van der Waals surface area contributed by atoms with E-state index in [1.54, 1.807) is 19.3 Å². The van der Waals surface area contributed by atoms with E-state index in [1.807, 2.05) is 12.2 Å². The van der Waals surface area contributed by atoms with Gasteiger partial charge >= 0.3 is 0 Å². The first-order valence-electron chi connectivity index (χ1n) is 5.56. The van der Waals surface area contributed by atoms with Crippen LogP contribution >= 0.6 is 0 Å². The van der Waals surface area contributed by atoms with Crippen LogP contribution in [0.25, 0.3) is 0 Å². The van der Waals surface area contributed by atoms with E-state index in [2.05, 4.69) is 13.2 Å². The van der Waals surface area contributed by atoms with Gasteiger partial charge in [0.05, 0.1) is 0 Å². The Morgan fingerprint density at radius 1 is 1.29 bits per heavy atom. The molecule has 0 aromatic carbocycles. The van der Waals surface area contributed by atoms with Crippen molar-refractivity contribution < 1.29 is 14.6 Å². The Morgan fingerprint density at radius 2 is 1.88 bits per heavy atom. The topological polar surface area (TPSA) is 38.7 Å². The predicted octanol–water partition coefficient (Wildman–Crippen LogP) is 2.36. The average Bonchev–Trinajstić information content (AvgIpc) is 2.33. The maximum atomic E-state index is 10.3. The number of hydrogen-bond acceptors (Lipinski definition) is 3. The van der Waals surface area contributed by atoms with Gasteiger partial charge in [0, 0.05) is 14.2 Å². The fourth-order valence-corrected chi connectivity index (χ4v) is 1.95. The van der Waals surface area contributed by atoms with Gasteiger partial charge in [-0.1, -0.05) is 12.2 Å². The monoisotopic (exact) mass is 236 g/mol. The molecule has 0 spiro atoms. The van der Waals surface area contributed by atoms with Crippen molar-refractivity contribution in [1.29, 1.82) is 0 Å². The summed E-state index contributed by atoms with van der Waals surface area (Å²) in [6.45, 7) is 7.44. The van der Waals surface area contributed by atoms with Gasteiger partial charge in [0.1, 0.15) is 6.10 Å². The Balaban J connectivity index is 3.10. The molecule has 0 heterocycles. The van der Waals surface area contributed by atoms with E-state index in [0.29, 0.717) is 6.42 Å². The zero-order valence-electron chi connectivity index (χ0n) is 10.5. The quantitative estimate of drug-likeness (QED) is 0.568. The number of aliphatic hydroxyl groups is 1. The fourth-order valence-electron chi connectivity index (χ4n) is 1.95. The van der Waals surface area contributed by atoms with Gasteiger partial charge in [-0.25, -0.2) is 0 Å². The van der Waals surface area contributed by atoms with E-state index in [-0.39, 0.29) is 0 Å². The van der Waals surface area contributed by atoms with Crippen LogP contribution < -0.4 is 0 Å². The van der Waals surface area contributed by atoms with Crippen LogP contribution in [0, 0.1) is 0 Å². The summed E-state index contributed by atoms with van der Waals surface area (Å²) in [6, 6.07) is 0. The van der Waals surface area contributed by atoms with Crippen LogP contribution in [0.2, 0.25) is 0 Å². The minimum atomic E-state index is -1.40. The third-order valence-electron chi connectivity index (χ3n) is 2.86. The highest BCUT2D eigenvalue weighted by atomic mass is 16.6. The van der Waals surface area contributed by atoms with Crippen molar-refractivity contribution in [2.24, 2.45) is 0 Å². The lowest BCUT2D eigenvalue weighted by molar-refractivity contribution is -0.203. The molecule has 0 radical (unpaired) electrons. The normalized spacial score (nSPS) is 28.3. The highest BCUT2D eigenvalue weighted by molar-refractivity contribution is 5.41. The maximum Gasteiger partial charge on any atom is 0.216 e. The van der Waals surface area contributed by atoms with Crippen LogP contribution in [0.15, 0.2) is 48.6 Å². The van der Waals surface area contributed by atoms with Crippen LogP contribution in [0.1, 0.15) is 12.8 Å². The van der Waals surface area contributed by atoms with E-state index < -0.39 is 11.9 Å². The molecule has 3 nitrogen and oxygen atoms in total. The zero-order chi connectivity index (χ0) is 12.9. The average molecular weight is 236 g/mol. The van der Waals surface area contributed by atoms with Gasteiger partial charge in [-0.2, -0.15) is 0 Å². The lowest BCUT2D eigenvalue weighted by Gasteiger charge is -2.34. The third-order valence-corrected chi connectivity index (χ3v) is 2.86. The molecule has 0 aromatic rings. The van der Waals surface area contributed by atoms with E-state index in [9.17, 15) is 5.11 Å². The first-order chi connectivity index (χ1) is 8.11. The molecule has 1 aliphatic carbocycles. The van der Waals surface area contributed by atoms with Crippen LogP contribution in [-0.2, 0) is 9.47 Å². The van der Waals surface area contributed by atoms with Gasteiger partial charge < -0.3 is 14.6 Å². The van der Waals surface area contributed by atoms with Crippen molar-refractivity contribution >= 4 is 0 Å². The lowest BCUT2D eigenvalue weighted by Crippen LogP contribution is -2.44. The Morgan fingerprint density at radius 3 is 2.35 bits per heavy atom. The number of rotatable bonds is 6. The molecule has 1 rings (SSSR count). The first-order valence-corrected chi connectivity index (χ1v) is 5.56. The highest BCUT2D eigenvalue weighted by Crippen LogP contribution is 2.32. The summed E-state index contributed by atoms with van der Waals surface area (Å²) in [7, 11) is 3.00. The van der Waals surface area contributed by atoms with Crippen LogP contribution in [-0.4, -0.2) is 31.2 Å². The van der Waals surface area contributed by atoms with Gasteiger partial charge in [0.2, 0.25) is 5.79 Å². The Hall–Kier alpha value is -1.16. The minimum Gasteiger partial charge on any atom is -0.371 e. The molecule has 2 unspecified atom stereocenters. The van der Waals surface area contributed by atoms with Crippen LogP contribution in [0.3, 0.4) is 0 Å². The molecule has 0 aromatic heterocycles. The minimum absolute atomic E-state index is 0.504. The Bertz CT molecular complexity index is 354. The van der Waals surface area contributed by atoms with Crippen LogP contribution in [0.4, 0.5) is 0 Å². The molecule has 3 heteroatoms. The molecule has 1 N–H and O–H groups in total. The van der Waals surface area contributed by atoms with E-state index in [0.717, 1.165) is 17.6 Å². The summed E-state index contributed by atoms with van der Waals surface area (Å²) in [5, 5.41) is 10.3. The molecule has 0 saturated carbocycles. The molecule has 0 fully saturated rings. The lowest BCUT2D eigenvalue weighted by atomic mass is 9.88. The summed E-state index contributed by atoms with van der Waals surface area (Å²) in [4.78, 5) is 0. The van der Waals surface area contributed by atoms with Gasteiger partial charge in [-0.05, 0) is 36.1 Å². The first kappa shape index (κ1) is 13.9. The Labute approximate surface area is 103 Å². The molecule has 2 atom stereocenters. The molecule has 94 valence electrons. The fraction of sp³-hybridized carbons (Fsp3) is 0.429. The van der Waals surface area contributed by atoms with Gasteiger partial charge in [0.25, 0.3) is 0 Å². The third kappa shape index (κ3) is 2.94. The number of methoxy groups -OCH3 is 2. The van der Waals surface area contributed by atoms with Crippen molar-refractivity contribution in [3.63, 3.8) is 0 Å². The summed E-state index contributed by atoms with van der Waals surface area (Å²) in [6.07, 6.45) is 8.11. The van der Waals surface area contributed by atoms with Crippen molar-refractivity contribution in [2.75, 3.05) is 14.2 Å². The molecular weight excluding hydrogens is 216 g/mol. The molecule has 17 heavy (non-hydrogen) atoms. The second kappa shape index (κ2) is 5.96. The molecule has 0 amide bonds. The second-order valence-electron chi connectivity index (χ2n) is 3.96. The largest absolute Gasteiger partial charge is 0.371 e. The molecule has 0 aliphatic heterocycles. The highest BCUT2D eigenvalue weighted by Gasteiger charge is 2.37. The van der Waals surface area contributed by atoms with Crippen molar-refractivity contribution in [2.45, 2.75) is 24.7 Å². The smallest absolute Gasteiger partial charge is 0.216 e. The van der Waals surface area contributed by atoms with E-state index in [1.165, 1.54) is 7.11 Å². The summed E-state index contributed by atoms with van der Waals surface area (Å²) >= 11 is 0. The van der Waals surface area contributed by atoms with Crippen molar-refractivity contribution in [3.8, 4) is 0 Å². The van der Waals surface area contributed by atoms with Crippen molar-refractivity contribution in [1.82, 2.24) is 0 Å². The predicted molar refractivity (Wildman–Crippen MR) is 68.5 cm³/mol. The second-order valence-corrected chi connectivity index (χ2v) is 3.96. The maximum absolute atomic E-state index is 10.3. The van der Waals surface area contributed by atoms with E-state index in [4.69, 9.17) is 9.47 Å². The summed E-state index contributed by atoms with van der Waals surface area (Å²) in [5.74, 6) is -1.40. The van der Waals surface area contributed by atoms with E-state index >= 15 is 0 Å².